The van der Waals surface area contributed by atoms with Crippen LogP contribution in [0.3, 0.4) is 0 Å². The van der Waals surface area contributed by atoms with Crippen molar-refractivity contribution in [3.05, 3.63) is 53.9 Å². The first-order valence-electron chi connectivity index (χ1n) is 7.77. The van der Waals surface area contributed by atoms with E-state index in [2.05, 4.69) is 20.0 Å². The Labute approximate surface area is 152 Å². The molecule has 0 aliphatic rings. The minimum absolute atomic E-state index is 0.0774. The number of aromatic nitrogens is 2. The smallest absolute Gasteiger partial charge is 0.411 e. The molecule has 10 heteroatoms. The number of nitrogens with zero attached hydrogens (tertiary/aromatic N) is 2. The fraction of sp³-hybridized carbons (Fsp3) is 0.294. The number of carbonyl (C=O) groups is 2. The number of esters is 1. The Kier molecular flexibility index (Phi) is 6.83. The van der Waals surface area contributed by atoms with Gasteiger partial charge < -0.3 is 9.47 Å². The standard InChI is InChI=1S/C17H16F3N3O4/c1-11(14(24)23-16-21-7-2-8-22-16)27-15(25)13-5-3-12(4-6-13)9-26-10-17(18,19)20/h2-8,11H,9-10H2,1H3,(H,21,22,23,24). The molecule has 144 valence electrons. The van der Waals surface area contributed by atoms with Crippen molar-refractivity contribution in [2.75, 3.05) is 11.9 Å². The van der Waals surface area contributed by atoms with Gasteiger partial charge in [0, 0.05) is 12.4 Å². The minimum atomic E-state index is -4.40. The Morgan fingerprint density at radius 3 is 2.37 bits per heavy atom. The average molecular weight is 383 g/mol. The van der Waals surface area contributed by atoms with Crippen molar-refractivity contribution < 1.29 is 32.2 Å². The van der Waals surface area contributed by atoms with Crippen molar-refractivity contribution in [2.45, 2.75) is 25.8 Å². The first kappa shape index (κ1) is 20.3. The molecule has 1 atom stereocenters. The van der Waals surface area contributed by atoms with E-state index in [-0.39, 0.29) is 18.1 Å². The molecule has 0 aliphatic heterocycles. The highest BCUT2D eigenvalue weighted by molar-refractivity contribution is 5.96. The molecule has 1 N–H and O–H groups in total. The number of alkyl halides is 3. The first-order valence-corrected chi connectivity index (χ1v) is 7.77. The van der Waals surface area contributed by atoms with Crippen LogP contribution in [0, 0.1) is 0 Å². The van der Waals surface area contributed by atoms with Gasteiger partial charge in [-0.2, -0.15) is 13.2 Å². The van der Waals surface area contributed by atoms with E-state index in [1.165, 1.54) is 43.6 Å². The van der Waals surface area contributed by atoms with Gasteiger partial charge in [0.25, 0.3) is 5.91 Å². The van der Waals surface area contributed by atoms with Crippen molar-refractivity contribution in [1.29, 1.82) is 0 Å². The lowest BCUT2D eigenvalue weighted by atomic mass is 10.1. The van der Waals surface area contributed by atoms with Gasteiger partial charge in [-0.3, -0.25) is 10.1 Å². The summed E-state index contributed by atoms with van der Waals surface area (Å²) in [5.74, 6) is -1.28. The summed E-state index contributed by atoms with van der Waals surface area (Å²) in [6.07, 6.45) is -2.61. The summed E-state index contributed by atoms with van der Waals surface area (Å²) in [4.78, 5) is 31.7. The number of rotatable bonds is 7. The maximum Gasteiger partial charge on any atom is 0.411 e. The lowest BCUT2D eigenvalue weighted by molar-refractivity contribution is -0.176. The van der Waals surface area contributed by atoms with Crippen LogP contribution in [0.2, 0.25) is 0 Å². The molecule has 0 spiro atoms. The third-order valence-corrected chi connectivity index (χ3v) is 3.18. The van der Waals surface area contributed by atoms with E-state index in [4.69, 9.17) is 4.74 Å². The zero-order valence-corrected chi connectivity index (χ0v) is 14.2. The van der Waals surface area contributed by atoms with E-state index in [9.17, 15) is 22.8 Å². The molecule has 27 heavy (non-hydrogen) atoms. The summed E-state index contributed by atoms with van der Waals surface area (Å²) in [6.45, 7) is -0.214. The molecule has 1 aromatic carbocycles. The average Bonchev–Trinajstić information content (AvgIpc) is 2.62. The van der Waals surface area contributed by atoms with E-state index in [1.54, 1.807) is 6.07 Å². The van der Waals surface area contributed by atoms with Crippen LogP contribution in [0.1, 0.15) is 22.8 Å². The number of hydrogen-bond donors (Lipinski definition) is 1. The monoisotopic (exact) mass is 383 g/mol. The second-order valence-electron chi connectivity index (χ2n) is 5.41. The molecule has 7 nitrogen and oxygen atoms in total. The van der Waals surface area contributed by atoms with Gasteiger partial charge in [-0.1, -0.05) is 12.1 Å². The van der Waals surface area contributed by atoms with Crippen LogP contribution in [0.4, 0.5) is 19.1 Å². The van der Waals surface area contributed by atoms with E-state index < -0.39 is 30.8 Å². The molecule has 2 aromatic rings. The third kappa shape index (κ3) is 7.02. The van der Waals surface area contributed by atoms with E-state index in [1.807, 2.05) is 0 Å². The molecule has 1 unspecified atom stereocenters. The lowest BCUT2D eigenvalue weighted by Crippen LogP contribution is -2.30. The van der Waals surface area contributed by atoms with Gasteiger partial charge >= 0.3 is 12.1 Å². The highest BCUT2D eigenvalue weighted by Gasteiger charge is 2.27. The molecule has 1 aromatic heterocycles. The molecule has 0 saturated heterocycles. The van der Waals surface area contributed by atoms with Crippen LogP contribution in [0.25, 0.3) is 0 Å². The van der Waals surface area contributed by atoms with Gasteiger partial charge in [0.05, 0.1) is 12.2 Å². The summed E-state index contributed by atoms with van der Waals surface area (Å²) in [6, 6.07) is 7.21. The SMILES string of the molecule is CC(OC(=O)c1ccc(COCC(F)(F)F)cc1)C(=O)Nc1ncccn1. The predicted molar refractivity (Wildman–Crippen MR) is 87.7 cm³/mol. The number of carbonyl (C=O) groups excluding carboxylic acids is 2. The second kappa shape index (κ2) is 9.08. The Bertz CT molecular complexity index is 767. The molecule has 0 saturated carbocycles. The molecule has 0 aliphatic carbocycles. The molecule has 0 fully saturated rings. The number of benzene rings is 1. The Balaban J connectivity index is 1.85. The number of halogens is 3. The van der Waals surface area contributed by atoms with Gasteiger partial charge in [0.15, 0.2) is 6.10 Å². The maximum absolute atomic E-state index is 12.1. The van der Waals surface area contributed by atoms with Crippen LogP contribution >= 0.6 is 0 Å². The fourth-order valence-electron chi connectivity index (χ4n) is 1.88. The summed E-state index contributed by atoms with van der Waals surface area (Å²) >= 11 is 0. The van der Waals surface area contributed by atoms with Crippen LogP contribution in [0.15, 0.2) is 42.7 Å². The largest absolute Gasteiger partial charge is 0.449 e. The summed E-state index contributed by atoms with van der Waals surface area (Å²) in [7, 11) is 0. The molecule has 1 amide bonds. The Hall–Kier alpha value is -3.01. The Morgan fingerprint density at radius 2 is 1.78 bits per heavy atom. The van der Waals surface area contributed by atoms with Crippen molar-refractivity contribution in [3.8, 4) is 0 Å². The number of hydrogen-bond acceptors (Lipinski definition) is 6. The highest BCUT2D eigenvalue weighted by atomic mass is 19.4. The van der Waals surface area contributed by atoms with E-state index >= 15 is 0 Å². The first-order chi connectivity index (χ1) is 12.7. The number of amides is 1. The van der Waals surface area contributed by atoms with Gasteiger partial charge in [-0.25, -0.2) is 14.8 Å². The minimum Gasteiger partial charge on any atom is -0.449 e. The highest BCUT2D eigenvalue weighted by Crippen LogP contribution is 2.16. The van der Waals surface area contributed by atoms with Crippen molar-refractivity contribution >= 4 is 17.8 Å². The van der Waals surface area contributed by atoms with Gasteiger partial charge in [0.2, 0.25) is 5.95 Å². The van der Waals surface area contributed by atoms with Crippen LogP contribution in [0.5, 0.6) is 0 Å². The fourth-order valence-corrected chi connectivity index (χ4v) is 1.88. The topological polar surface area (TPSA) is 90.4 Å². The normalized spacial score (nSPS) is 12.3. The summed E-state index contributed by atoms with van der Waals surface area (Å²) < 4.78 is 45.7. The van der Waals surface area contributed by atoms with Crippen molar-refractivity contribution in [3.63, 3.8) is 0 Å². The molecule has 1 heterocycles. The van der Waals surface area contributed by atoms with Crippen molar-refractivity contribution in [2.24, 2.45) is 0 Å². The van der Waals surface area contributed by atoms with E-state index in [0.717, 1.165) is 0 Å². The third-order valence-electron chi connectivity index (χ3n) is 3.18. The van der Waals surface area contributed by atoms with Crippen molar-refractivity contribution in [1.82, 2.24) is 9.97 Å². The second-order valence-corrected chi connectivity index (χ2v) is 5.41. The van der Waals surface area contributed by atoms with Crippen LogP contribution in [-0.4, -0.2) is 40.7 Å². The molecule has 0 radical (unpaired) electrons. The van der Waals surface area contributed by atoms with E-state index in [0.29, 0.717) is 5.56 Å². The summed E-state index contributed by atoms with van der Waals surface area (Å²) in [5.41, 5.74) is 0.605. The lowest BCUT2D eigenvalue weighted by Gasteiger charge is -2.13. The number of ether oxygens (including phenoxy) is 2. The molecule has 0 bridgehead atoms. The zero-order valence-electron chi connectivity index (χ0n) is 14.2. The maximum atomic E-state index is 12.1. The zero-order chi connectivity index (χ0) is 19.9. The molecular weight excluding hydrogens is 367 g/mol. The van der Waals surface area contributed by atoms with Gasteiger partial charge in [-0.05, 0) is 30.7 Å². The molecule has 2 rings (SSSR count). The predicted octanol–water partition coefficient (Wildman–Crippen LogP) is 2.74. The van der Waals surface area contributed by atoms with Crippen LogP contribution < -0.4 is 5.32 Å². The number of nitrogens with one attached hydrogen (secondary N) is 1. The summed E-state index contributed by atoms with van der Waals surface area (Å²) in [5, 5.41) is 2.40. The quantitative estimate of drug-likeness (QED) is 0.740. The molecular formula is C17H16F3N3O4. The Morgan fingerprint density at radius 1 is 1.15 bits per heavy atom. The number of anilines is 1. The van der Waals surface area contributed by atoms with Crippen LogP contribution in [-0.2, 0) is 20.9 Å². The van der Waals surface area contributed by atoms with Gasteiger partial charge in [0.1, 0.15) is 6.61 Å². The van der Waals surface area contributed by atoms with Gasteiger partial charge in [-0.15, -0.1) is 0 Å².